The van der Waals surface area contributed by atoms with Crippen molar-refractivity contribution in [1.82, 2.24) is 4.90 Å². The Hall–Kier alpha value is -3.10. The zero-order valence-corrected chi connectivity index (χ0v) is 17.6. The third-order valence-corrected chi connectivity index (χ3v) is 7.04. The molecule has 4 heterocycles. The number of aliphatic hydroxyl groups is 1. The second kappa shape index (κ2) is 7.30. The molecule has 2 aliphatic rings. The molecule has 0 radical (unpaired) electrons. The average molecular weight is 440 g/mol. The van der Waals surface area contributed by atoms with E-state index in [0.717, 1.165) is 14.6 Å². The van der Waals surface area contributed by atoms with Crippen molar-refractivity contribution in [3.63, 3.8) is 0 Å². The minimum Gasteiger partial charge on any atom is -0.507 e. The molecule has 1 amide bonds. The molecule has 3 aromatic rings. The summed E-state index contributed by atoms with van der Waals surface area (Å²) in [7, 11) is 0. The normalized spacial score (nSPS) is 19.6. The first-order valence-corrected chi connectivity index (χ1v) is 11.0. The zero-order chi connectivity index (χ0) is 20.8. The quantitative estimate of drug-likeness (QED) is 0.369. The number of likely N-dealkylation sites (tertiary alicyclic amines) is 1. The minimum absolute atomic E-state index is 0.0947. The molecule has 1 fully saturated rings. The number of Topliss-reactive ketones (excluding diaryl/α,β-unsaturated/α-hetero) is 1. The number of amides is 1. The first-order chi connectivity index (χ1) is 14.5. The fraction of sp³-hybridized carbons (Fsp3) is 0.182. The molecule has 1 saturated heterocycles. The van der Waals surface area contributed by atoms with Gasteiger partial charge in [0.2, 0.25) is 6.79 Å². The van der Waals surface area contributed by atoms with Crippen LogP contribution in [0.5, 0.6) is 11.5 Å². The van der Waals surface area contributed by atoms with Crippen LogP contribution in [-0.2, 0) is 16.1 Å². The first kappa shape index (κ1) is 18.9. The summed E-state index contributed by atoms with van der Waals surface area (Å²) in [5.74, 6) is -0.429. The van der Waals surface area contributed by atoms with Crippen LogP contribution in [0.3, 0.4) is 0 Å². The Balaban J connectivity index is 1.63. The molecule has 2 aromatic heterocycles. The van der Waals surface area contributed by atoms with Crippen LogP contribution in [0, 0.1) is 6.92 Å². The maximum Gasteiger partial charge on any atom is 0.296 e. The Morgan fingerprint density at radius 2 is 2.00 bits per heavy atom. The van der Waals surface area contributed by atoms with E-state index in [4.69, 9.17) is 9.47 Å². The summed E-state index contributed by atoms with van der Waals surface area (Å²) in [6.07, 6.45) is 0. The molecule has 1 atom stereocenters. The number of aryl methyl sites for hydroxylation is 1. The van der Waals surface area contributed by atoms with E-state index in [1.54, 1.807) is 18.2 Å². The smallest absolute Gasteiger partial charge is 0.296 e. The summed E-state index contributed by atoms with van der Waals surface area (Å²) in [5.41, 5.74) is 0.504. The average Bonchev–Trinajstić information content (AvgIpc) is 3.52. The van der Waals surface area contributed by atoms with E-state index in [1.165, 1.54) is 27.6 Å². The molecular formula is C22H17NO5S2. The number of hydrogen-bond acceptors (Lipinski definition) is 7. The van der Waals surface area contributed by atoms with Crippen molar-refractivity contribution in [3.05, 3.63) is 73.6 Å². The summed E-state index contributed by atoms with van der Waals surface area (Å²) in [4.78, 5) is 30.4. The molecule has 6 nitrogen and oxygen atoms in total. The third kappa shape index (κ3) is 3.09. The molecule has 0 bridgehead atoms. The van der Waals surface area contributed by atoms with Crippen LogP contribution in [-0.4, -0.2) is 28.5 Å². The fourth-order valence-electron chi connectivity index (χ4n) is 3.71. The largest absolute Gasteiger partial charge is 0.507 e. The van der Waals surface area contributed by atoms with Crippen LogP contribution in [0.4, 0.5) is 0 Å². The Morgan fingerprint density at radius 3 is 2.73 bits per heavy atom. The van der Waals surface area contributed by atoms with E-state index in [0.29, 0.717) is 23.6 Å². The maximum absolute atomic E-state index is 13.0. The third-order valence-electron chi connectivity index (χ3n) is 5.12. The predicted molar refractivity (Wildman–Crippen MR) is 114 cm³/mol. The summed E-state index contributed by atoms with van der Waals surface area (Å²) in [6.45, 7) is 2.39. The van der Waals surface area contributed by atoms with Crippen LogP contribution in [0.2, 0.25) is 0 Å². The van der Waals surface area contributed by atoms with Gasteiger partial charge in [-0.05, 0) is 48.7 Å². The first-order valence-electron chi connectivity index (χ1n) is 9.30. The number of hydrogen-bond donors (Lipinski definition) is 1. The molecule has 1 N–H and O–H groups in total. The van der Waals surface area contributed by atoms with Gasteiger partial charge < -0.3 is 19.5 Å². The van der Waals surface area contributed by atoms with Crippen molar-refractivity contribution in [2.75, 3.05) is 6.79 Å². The van der Waals surface area contributed by atoms with E-state index < -0.39 is 17.7 Å². The lowest BCUT2D eigenvalue weighted by Crippen LogP contribution is -2.28. The Bertz CT molecular complexity index is 1180. The second-order valence-corrected chi connectivity index (χ2v) is 9.37. The molecule has 0 saturated carbocycles. The summed E-state index contributed by atoms with van der Waals surface area (Å²) < 4.78 is 10.7. The molecule has 0 aliphatic carbocycles. The van der Waals surface area contributed by atoms with E-state index >= 15 is 0 Å². The summed E-state index contributed by atoms with van der Waals surface area (Å²) in [5, 5.41) is 13.0. The standard InChI is InChI=1S/C22H17NO5S2/c1-12-4-7-17(30-12)19-18(20(24)13-5-6-15-16(9-13)28-11-27-15)21(25)22(26)23(19)10-14-3-2-8-29-14/h2-9,19,24H,10-11H2,1H3/b20-18+. The zero-order valence-electron chi connectivity index (χ0n) is 16.0. The molecule has 30 heavy (non-hydrogen) atoms. The molecule has 2 aliphatic heterocycles. The number of ketones is 1. The number of aliphatic hydroxyl groups excluding tert-OH is 1. The van der Waals surface area contributed by atoms with Gasteiger partial charge in [-0.1, -0.05) is 6.07 Å². The Morgan fingerprint density at radius 1 is 1.17 bits per heavy atom. The summed E-state index contributed by atoms with van der Waals surface area (Å²) in [6, 6.07) is 12.0. The van der Waals surface area contributed by atoms with E-state index in [-0.39, 0.29) is 18.1 Å². The molecule has 152 valence electrons. The summed E-state index contributed by atoms with van der Waals surface area (Å²) >= 11 is 3.03. The van der Waals surface area contributed by atoms with Gasteiger partial charge in [-0.15, -0.1) is 22.7 Å². The molecule has 5 rings (SSSR count). The van der Waals surface area contributed by atoms with Crippen molar-refractivity contribution >= 4 is 40.1 Å². The highest BCUT2D eigenvalue weighted by Crippen LogP contribution is 2.44. The van der Waals surface area contributed by atoms with Crippen molar-refractivity contribution in [1.29, 1.82) is 0 Å². The molecular weight excluding hydrogens is 422 g/mol. The lowest BCUT2D eigenvalue weighted by molar-refractivity contribution is -0.140. The van der Waals surface area contributed by atoms with Crippen molar-refractivity contribution < 1.29 is 24.2 Å². The number of rotatable bonds is 4. The second-order valence-electron chi connectivity index (χ2n) is 7.02. The Kier molecular flexibility index (Phi) is 4.60. The highest BCUT2D eigenvalue weighted by atomic mass is 32.1. The van der Waals surface area contributed by atoms with Crippen molar-refractivity contribution in [2.24, 2.45) is 0 Å². The van der Waals surface area contributed by atoms with E-state index in [1.807, 2.05) is 36.6 Å². The van der Waals surface area contributed by atoms with Gasteiger partial charge in [0, 0.05) is 20.2 Å². The topological polar surface area (TPSA) is 76.1 Å². The van der Waals surface area contributed by atoms with E-state index in [9.17, 15) is 14.7 Å². The Labute approximate surface area is 180 Å². The van der Waals surface area contributed by atoms with Gasteiger partial charge in [0.15, 0.2) is 11.5 Å². The lowest BCUT2D eigenvalue weighted by atomic mass is 9.99. The monoisotopic (exact) mass is 439 g/mol. The minimum atomic E-state index is -0.683. The SMILES string of the molecule is Cc1ccc(C2/C(=C(\O)c3ccc4c(c3)OCO4)C(=O)C(=O)N2Cc2cccs2)s1. The molecule has 0 spiro atoms. The number of carbonyl (C=O) groups is 2. The van der Waals surface area contributed by atoms with Crippen molar-refractivity contribution in [2.45, 2.75) is 19.5 Å². The van der Waals surface area contributed by atoms with Crippen LogP contribution in [0.25, 0.3) is 5.76 Å². The number of ether oxygens (including phenoxy) is 2. The van der Waals surface area contributed by atoms with Gasteiger partial charge in [0.1, 0.15) is 11.8 Å². The number of carbonyl (C=O) groups excluding carboxylic acids is 2. The van der Waals surface area contributed by atoms with Gasteiger partial charge >= 0.3 is 0 Å². The molecule has 8 heteroatoms. The van der Waals surface area contributed by atoms with Gasteiger partial charge in [0.05, 0.1) is 12.1 Å². The van der Waals surface area contributed by atoms with Crippen LogP contribution >= 0.6 is 22.7 Å². The molecule has 1 unspecified atom stereocenters. The predicted octanol–water partition coefficient (Wildman–Crippen LogP) is 4.47. The van der Waals surface area contributed by atoms with Gasteiger partial charge in [-0.25, -0.2) is 0 Å². The number of benzene rings is 1. The van der Waals surface area contributed by atoms with Gasteiger partial charge in [-0.3, -0.25) is 9.59 Å². The highest BCUT2D eigenvalue weighted by molar-refractivity contribution is 7.12. The van der Waals surface area contributed by atoms with Crippen LogP contribution in [0.15, 0.2) is 53.4 Å². The number of fused-ring (bicyclic) bond motifs is 1. The lowest BCUT2D eigenvalue weighted by Gasteiger charge is -2.23. The molecule has 1 aromatic carbocycles. The highest BCUT2D eigenvalue weighted by Gasteiger charge is 2.46. The maximum atomic E-state index is 13.0. The van der Waals surface area contributed by atoms with E-state index in [2.05, 4.69) is 0 Å². The van der Waals surface area contributed by atoms with Gasteiger partial charge in [-0.2, -0.15) is 0 Å². The number of nitrogens with zero attached hydrogens (tertiary/aromatic N) is 1. The number of thiophene rings is 2. The fourth-order valence-corrected chi connectivity index (χ4v) is 5.41. The van der Waals surface area contributed by atoms with Crippen LogP contribution < -0.4 is 9.47 Å². The van der Waals surface area contributed by atoms with Crippen molar-refractivity contribution in [3.8, 4) is 11.5 Å². The van der Waals surface area contributed by atoms with Gasteiger partial charge in [0.25, 0.3) is 11.7 Å². The van der Waals surface area contributed by atoms with Crippen LogP contribution in [0.1, 0.15) is 26.2 Å².